The molecule has 0 fully saturated rings. The lowest BCUT2D eigenvalue weighted by Gasteiger charge is -2.14. The van der Waals surface area contributed by atoms with Gasteiger partial charge >= 0.3 is 0 Å². The van der Waals surface area contributed by atoms with E-state index in [1.807, 2.05) is 17.7 Å². The molecule has 0 radical (unpaired) electrons. The van der Waals surface area contributed by atoms with Crippen molar-refractivity contribution in [1.82, 2.24) is 14.9 Å². The third-order valence-electron chi connectivity index (χ3n) is 2.88. The molecule has 0 saturated carbocycles. The van der Waals surface area contributed by atoms with Crippen LogP contribution in [0.4, 0.5) is 0 Å². The quantitative estimate of drug-likeness (QED) is 0.878. The molecule has 0 saturated heterocycles. The Morgan fingerprint density at radius 2 is 2.32 bits per heavy atom. The van der Waals surface area contributed by atoms with E-state index in [2.05, 4.69) is 10.3 Å². The number of nitrogens with one attached hydrogen (secondary N) is 1. The number of aryl methyl sites for hydroxylation is 1. The van der Waals surface area contributed by atoms with Gasteiger partial charge in [-0.1, -0.05) is 0 Å². The summed E-state index contributed by atoms with van der Waals surface area (Å²) in [6, 6.07) is 4.82. The largest absolute Gasteiger partial charge is 0.508 e. The second-order valence-electron chi connectivity index (χ2n) is 4.64. The third-order valence-corrected chi connectivity index (χ3v) is 2.88. The molecule has 2 N–H and O–H groups in total. The van der Waals surface area contributed by atoms with Crippen LogP contribution in [0.2, 0.25) is 0 Å². The van der Waals surface area contributed by atoms with Crippen molar-refractivity contribution in [3.05, 3.63) is 48.0 Å². The number of phenolic OH excluding ortho intramolecular Hbond substituents is 1. The molecule has 0 aliphatic heterocycles. The van der Waals surface area contributed by atoms with Crippen LogP contribution in [0, 0.1) is 6.92 Å². The Hall–Kier alpha value is -2.30. The Morgan fingerprint density at radius 3 is 2.95 bits per heavy atom. The number of amides is 1. The second kappa shape index (κ2) is 5.56. The van der Waals surface area contributed by atoms with Gasteiger partial charge in [-0.05, 0) is 37.6 Å². The summed E-state index contributed by atoms with van der Waals surface area (Å²) in [7, 11) is 0. The first-order valence-electron chi connectivity index (χ1n) is 6.12. The summed E-state index contributed by atoms with van der Waals surface area (Å²) in [4.78, 5) is 16.0. The highest BCUT2D eigenvalue weighted by Crippen LogP contribution is 2.16. The van der Waals surface area contributed by atoms with E-state index in [-0.39, 0.29) is 17.7 Å². The van der Waals surface area contributed by atoms with E-state index < -0.39 is 0 Å². The zero-order valence-corrected chi connectivity index (χ0v) is 11.0. The Labute approximate surface area is 111 Å². The van der Waals surface area contributed by atoms with Crippen LogP contribution in [0.25, 0.3) is 0 Å². The molecule has 2 aromatic rings. The Kier molecular flexibility index (Phi) is 3.85. The van der Waals surface area contributed by atoms with Gasteiger partial charge in [-0.15, -0.1) is 0 Å². The van der Waals surface area contributed by atoms with Crippen LogP contribution < -0.4 is 5.32 Å². The molecule has 1 atom stereocenters. The number of carbonyl (C=O) groups excluding carboxylic acids is 1. The molecule has 1 heterocycles. The molecule has 1 amide bonds. The zero-order valence-electron chi connectivity index (χ0n) is 11.0. The SMILES string of the molecule is Cc1cc(C(=O)NC(C)Cn2ccnc2)ccc1O. The molecule has 5 heteroatoms. The molecular weight excluding hydrogens is 242 g/mol. The molecule has 5 nitrogen and oxygen atoms in total. The number of nitrogens with zero attached hydrogens (tertiary/aromatic N) is 2. The molecular formula is C14H17N3O2. The number of carbonyl (C=O) groups is 1. The molecule has 2 rings (SSSR count). The number of aromatic nitrogens is 2. The number of rotatable bonds is 4. The third kappa shape index (κ3) is 3.34. The van der Waals surface area contributed by atoms with Crippen molar-refractivity contribution >= 4 is 5.91 Å². The molecule has 0 bridgehead atoms. The Balaban J connectivity index is 1.98. The van der Waals surface area contributed by atoms with Crippen LogP contribution in [0.3, 0.4) is 0 Å². The van der Waals surface area contributed by atoms with Crippen LogP contribution in [0.15, 0.2) is 36.9 Å². The number of phenols is 1. The molecule has 100 valence electrons. The average Bonchev–Trinajstić information content (AvgIpc) is 2.85. The van der Waals surface area contributed by atoms with Gasteiger partial charge in [-0.25, -0.2) is 4.98 Å². The fourth-order valence-electron chi connectivity index (χ4n) is 1.86. The molecule has 0 aliphatic rings. The summed E-state index contributed by atoms with van der Waals surface area (Å²) in [6.07, 6.45) is 5.28. The standard InChI is InChI=1S/C14H17N3O2/c1-10-7-12(3-4-13(10)18)14(19)16-11(2)8-17-6-5-15-9-17/h3-7,9,11,18H,8H2,1-2H3,(H,16,19). The van der Waals surface area contributed by atoms with Crippen molar-refractivity contribution in [2.75, 3.05) is 0 Å². The van der Waals surface area contributed by atoms with Crippen LogP contribution in [0.1, 0.15) is 22.8 Å². The van der Waals surface area contributed by atoms with E-state index >= 15 is 0 Å². The summed E-state index contributed by atoms with van der Waals surface area (Å²) in [5, 5.41) is 12.3. The smallest absolute Gasteiger partial charge is 0.251 e. The molecule has 0 aliphatic carbocycles. The van der Waals surface area contributed by atoms with Crippen molar-refractivity contribution in [2.24, 2.45) is 0 Å². The summed E-state index contributed by atoms with van der Waals surface area (Å²) >= 11 is 0. The first-order chi connectivity index (χ1) is 9.06. The van der Waals surface area contributed by atoms with Gasteiger partial charge in [0.15, 0.2) is 0 Å². The van der Waals surface area contributed by atoms with Gasteiger partial charge in [-0.3, -0.25) is 4.79 Å². The normalized spacial score (nSPS) is 12.1. The van der Waals surface area contributed by atoms with Gasteiger partial charge in [0.1, 0.15) is 5.75 Å². The summed E-state index contributed by atoms with van der Waals surface area (Å²) in [6.45, 7) is 4.37. The minimum absolute atomic E-state index is 0.00388. The van der Waals surface area contributed by atoms with Crippen molar-refractivity contribution in [3.8, 4) is 5.75 Å². The van der Waals surface area contributed by atoms with E-state index in [0.29, 0.717) is 17.7 Å². The topological polar surface area (TPSA) is 67.2 Å². The van der Waals surface area contributed by atoms with Gasteiger partial charge in [0.25, 0.3) is 5.91 Å². The van der Waals surface area contributed by atoms with Gasteiger partial charge < -0.3 is 15.0 Å². The lowest BCUT2D eigenvalue weighted by molar-refractivity contribution is 0.0936. The highest BCUT2D eigenvalue weighted by Gasteiger charge is 2.11. The number of hydrogen-bond acceptors (Lipinski definition) is 3. The predicted molar refractivity (Wildman–Crippen MR) is 72.0 cm³/mol. The molecule has 1 aromatic heterocycles. The summed E-state index contributed by atoms with van der Waals surface area (Å²) in [5.74, 6) is 0.0544. The Morgan fingerprint density at radius 1 is 1.53 bits per heavy atom. The first-order valence-corrected chi connectivity index (χ1v) is 6.12. The van der Waals surface area contributed by atoms with Gasteiger partial charge in [-0.2, -0.15) is 0 Å². The number of hydrogen-bond donors (Lipinski definition) is 2. The fourth-order valence-corrected chi connectivity index (χ4v) is 1.86. The minimum Gasteiger partial charge on any atom is -0.508 e. The lowest BCUT2D eigenvalue weighted by Crippen LogP contribution is -2.35. The maximum absolute atomic E-state index is 12.0. The Bertz CT molecular complexity index is 564. The average molecular weight is 259 g/mol. The van der Waals surface area contributed by atoms with E-state index in [1.54, 1.807) is 31.6 Å². The highest BCUT2D eigenvalue weighted by molar-refractivity contribution is 5.94. The minimum atomic E-state index is -0.143. The first kappa shape index (κ1) is 13.1. The monoisotopic (exact) mass is 259 g/mol. The van der Waals surface area contributed by atoms with E-state index in [9.17, 15) is 9.90 Å². The van der Waals surface area contributed by atoms with Crippen LogP contribution in [0.5, 0.6) is 5.75 Å². The predicted octanol–water partition coefficient (Wildman–Crippen LogP) is 1.72. The number of benzene rings is 1. The maximum atomic E-state index is 12.0. The molecule has 19 heavy (non-hydrogen) atoms. The number of aromatic hydroxyl groups is 1. The van der Waals surface area contributed by atoms with Crippen molar-refractivity contribution in [1.29, 1.82) is 0 Å². The van der Waals surface area contributed by atoms with Crippen molar-refractivity contribution in [3.63, 3.8) is 0 Å². The fraction of sp³-hybridized carbons (Fsp3) is 0.286. The molecule has 1 unspecified atom stereocenters. The summed E-state index contributed by atoms with van der Waals surface area (Å²) < 4.78 is 1.91. The van der Waals surface area contributed by atoms with Crippen LogP contribution >= 0.6 is 0 Å². The second-order valence-corrected chi connectivity index (χ2v) is 4.64. The molecule has 0 spiro atoms. The van der Waals surface area contributed by atoms with Gasteiger partial charge in [0.2, 0.25) is 0 Å². The highest BCUT2D eigenvalue weighted by atomic mass is 16.3. The van der Waals surface area contributed by atoms with E-state index in [1.165, 1.54) is 6.07 Å². The number of imidazole rings is 1. The van der Waals surface area contributed by atoms with Crippen molar-refractivity contribution in [2.45, 2.75) is 26.4 Å². The molecule has 1 aromatic carbocycles. The zero-order chi connectivity index (χ0) is 13.8. The van der Waals surface area contributed by atoms with Crippen LogP contribution in [-0.2, 0) is 6.54 Å². The summed E-state index contributed by atoms with van der Waals surface area (Å²) in [5.41, 5.74) is 1.24. The van der Waals surface area contributed by atoms with Crippen LogP contribution in [-0.4, -0.2) is 26.6 Å². The maximum Gasteiger partial charge on any atom is 0.251 e. The van der Waals surface area contributed by atoms with E-state index in [0.717, 1.165) is 0 Å². The van der Waals surface area contributed by atoms with Crippen molar-refractivity contribution < 1.29 is 9.90 Å². The lowest BCUT2D eigenvalue weighted by atomic mass is 10.1. The van der Waals surface area contributed by atoms with Gasteiger partial charge in [0, 0.05) is 30.5 Å². The van der Waals surface area contributed by atoms with Gasteiger partial charge in [0.05, 0.1) is 6.33 Å². The van der Waals surface area contributed by atoms with E-state index in [4.69, 9.17) is 0 Å².